The fourth-order valence-electron chi connectivity index (χ4n) is 4.02. The molecular weight excluding hydrogens is 462 g/mol. The summed E-state index contributed by atoms with van der Waals surface area (Å²) in [4.78, 5) is 28.0. The molecule has 0 aliphatic rings. The molecule has 35 heavy (non-hydrogen) atoms. The number of hydrogen-bond acceptors (Lipinski definition) is 4. The van der Waals surface area contributed by atoms with Gasteiger partial charge in [0, 0.05) is 25.6 Å². The number of hydrogen-bond donors (Lipinski definition) is 1. The normalized spacial score (nSPS) is 12.3. The number of benzene rings is 2. The first-order valence-corrected chi connectivity index (χ1v) is 14.0. The topological polar surface area (TPSA) is 86.8 Å². The molecule has 2 aromatic rings. The number of anilines is 1. The third-order valence-electron chi connectivity index (χ3n) is 5.83. The average molecular weight is 502 g/mol. The Bertz CT molecular complexity index is 1100. The molecular formula is C27H39N3O4S. The van der Waals surface area contributed by atoms with Crippen molar-refractivity contribution in [2.24, 2.45) is 0 Å². The maximum atomic E-state index is 13.4. The predicted octanol–water partition coefficient (Wildman–Crippen LogP) is 4.18. The molecule has 0 heterocycles. The van der Waals surface area contributed by atoms with E-state index in [2.05, 4.69) is 5.32 Å². The SMILES string of the molecule is CC[C@H](C(=O)NC(C)C)N(Cc1ccc(C)cc1)C(=O)CCCN(c1ccccc1C)S(C)(=O)=O. The van der Waals surface area contributed by atoms with E-state index < -0.39 is 16.1 Å². The van der Waals surface area contributed by atoms with Crippen LogP contribution in [-0.4, -0.2) is 50.0 Å². The second-order valence-electron chi connectivity index (χ2n) is 9.32. The number of nitrogens with one attached hydrogen (secondary N) is 1. The number of rotatable bonds is 12. The Balaban J connectivity index is 2.22. The zero-order valence-corrected chi connectivity index (χ0v) is 22.6. The highest BCUT2D eigenvalue weighted by Crippen LogP contribution is 2.23. The second-order valence-corrected chi connectivity index (χ2v) is 11.2. The van der Waals surface area contributed by atoms with Crippen LogP contribution in [0.4, 0.5) is 5.69 Å². The van der Waals surface area contributed by atoms with Crippen LogP contribution < -0.4 is 9.62 Å². The van der Waals surface area contributed by atoms with Crippen LogP contribution in [0.2, 0.25) is 0 Å². The van der Waals surface area contributed by atoms with Gasteiger partial charge in [0.1, 0.15) is 6.04 Å². The first-order chi connectivity index (χ1) is 16.4. The van der Waals surface area contributed by atoms with Crippen molar-refractivity contribution in [3.8, 4) is 0 Å². The number of para-hydroxylation sites is 1. The molecule has 0 radical (unpaired) electrons. The minimum atomic E-state index is -3.51. The van der Waals surface area contributed by atoms with Gasteiger partial charge >= 0.3 is 0 Å². The van der Waals surface area contributed by atoms with Gasteiger partial charge < -0.3 is 10.2 Å². The zero-order chi connectivity index (χ0) is 26.2. The van der Waals surface area contributed by atoms with Crippen molar-refractivity contribution in [3.05, 3.63) is 65.2 Å². The van der Waals surface area contributed by atoms with E-state index in [1.165, 1.54) is 10.6 Å². The van der Waals surface area contributed by atoms with Gasteiger partial charge in [-0.3, -0.25) is 13.9 Å². The lowest BCUT2D eigenvalue weighted by molar-refractivity contribution is -0.141. The van der Waals surface area contributed by atoms with Crippen molar-refractivity contribution in [1.82, 2.24) is 10.2 Å². The summed E-state index contributed by atoms with van der Waals surface area (Å²) in [6, 6.07) is 14.6. The standard InChI is InChI=1S/C27H39N3O4S/c1-7-24(27(32)28-20(2)3)29(19-23-16-14-21(4)15-17-23)26(31)13-10-18-30(35(6,33)34)25-12-9-8-11-22(25)5/h8-9,11-12,14-17,20,24H,7,10,13,18-19H2,1-6H3,(H,28,32)/t24-/m1/s1. The predicted molar refractivity (Wildman–Crippen MR) is 142 cm³/mol. The summed E-state index contributed by atoms with van der Waals surface area (Å²) in [6.45, 7) is 10.0. The number of carbonyl (C=O) groups is 2. The monoisotopic (exact) mass is 501 g/mol. The molecule has 0 spiro atoms. The molecule has 0 saturated carbocycles. The highest BCUT2D eigenvalue weighted by molar-refractivity contribution is 7.92. The summed E-state index contributed by atoms with van der Waals surface area (Å²) in [6.07, 6.45) is 2.13. The third kappa shape index (κ3) is 8.38. The smallest absolute Gasteiger partial charge is 0.243 e. The van der Waals surface area contributed by atoms with Gasteiger partial charge in [0.25, 0.3) is 0 Å². The molecule has 2 aromatic carbocycles. The Hall–Kier alpha value is -2.87. The minimum Gasteiger partial charge on any atom is -0.352 e. The molecule has 8 heteroatoms. The molecule has 0 bridgehead atoms. The van der Waals surface area contributed by atoms with E-state index in [-0.39, 0.29) is 30.8 Å². The molecule has 7 nitrogen and oxygen atoms in total. The Labute approximate surface area is 210 Å². The lowest BCUT2D eigenvalue weighted by atomic mass is 10.1. The summed E-state index contributed by atoms with van der Waals surface area (Å²) in [7, 11) is -3.51. The van der Waals surface area contributed by atoms with Gasteiger partial charge in [-0.2, -0.15) is 0 Å². The summed E-state index contributed by atoms with van der Waals surface area (Å²) in [5.74, 6) is -0.352. The van der Waals surface area contributed by atoms with Crippen molar-refractivity contribution in [1.29, 1.82) is 0 Å². The average Bonchev–Trinajstić information content (AvgIpc) is 2.77. The fourth-order valence-corrected chi connectivity index (χ4v) is 5.04. The van der Waals surface area contributed by atoms with Gasteiger partial charge in [-0.05, 0) is 57.7 Å². The number of nitrogens with zero attached hydrogens (tertiary/aromatic N) is 2. The largest absolute Gasteiger partial charge is 0.352 e. The Morgan fingerprint density at radius 1 is 1.00 bits per heavy atom. The number of carbonyl (C=O) groups excluding carboxylic acids is 2. The first-order valence-electron chi connectivity index (χ1n) is 12.1. The van der Waals surface area contributed by atoms with E-state index in [0.717, 1.165) is 16.7 Å². The van der Waals surface area contributed by atoms with Crippen molar-refractivity contribution >= 4 is 27.5 Å². The molecule has 0 aliphatic heterocycles. The molecule has 0 unspecified atom stereocenters. The van der Waals surface area contributed by atoms with Crippen molar-refractivity contribution in [2.45, 2.75) is 72.5 Å². The Morgan fingerprint density at radius 3 is 2.17 bits per heavy atom. The summed E-state index contributed by atoms with van der Waals surface area (Å²) in [5, 5.41) is 2.93. The van der Waals surface area contributed by atoms with Crippen LogP contribution >= 0.6 is 0 Å². The number of aryl methyl sites for hydroxylation is 2. The van der Waals surface area contributed by atoms with E-state index in [9.17, 15) is 18.0 Å². The fraction of sp³-hybridized carbons (Fsp3) is 0.481. The van der Waals surface area contributed by atoms with Crippen LogP contribution in [0.1, 0.15) is 56.7 Å². The van der Waals surface area contributed by atoms with Gasteiger partial charge in [0.15, 0.2) is 0 Å². The van der Waals surface area contributed by atoms with Crippen LogP contribution in [0.25, 0.3) is 0 Å². The second kappa shape index (κ2) is 12.7. The number of amides is 2. The Morgan fingerprint density at radius 2 is 1.63 bits per heavy atom. The van der Waals surface area contributed by atoms with E-state index in [1.807, 2.05) is 71.0 Å². The van der Waals surface area contributed by atoms with Crippen LogP contribution in [0.15, 0.2) is 48.5 Å². The minimum absolute atomic E-state index is 0.0368. The molecule has 2 amide bonds. The highest BCUT2D eigenvalue weighted by atomic mass is 32.2. The van der Waals surface area contributed by atoms with Gasteiger partial charge in [-0.25, -0.2) is 8.42 Å². The summed E-state index contributed by atoms with van der Waals surface area (Å²) in [5.41, 5.74) is 3.52. The zero-order valence-electron chi connectivity index (χ0n) is 21.7. The van der Waals surface area contributed by atoms with Gasteiger partial charge in [-0.1, -0.05) is 55.0 Å². The number of sulfonamides is 1. The molecule has 0 fully saturated rings. The highest BCUT2D eigenvalue weighted by Gasteiger charge is 2.29. The molecule has 1 N–H and O–H groups in total. The quantitative estimate of drug-likeness (QED) is 0.473. The molecule has 1 atom stereocenters. The van der Waals surface area contributed by atoms with Gasteiger partial charge in [0.05, 0.1) is 11.9 Å². The van der Waals surface area contributed by atoms with Gasteiger partial charge in [-0.15, -0.1) is 0 Å². The maximum Gasteiger partial charge on any atom is 0.243 e. The van der Waals surface area contributed by atoms with E-state index in [1.54, 1.807) is 17.0 Å². The van der Waals surface area contributed by atoms with Crippen molar-refractivity contribution < 1.29 is 18.0 Å². The van der Waals surface area contributed by atoms with Gasteiger partial charge in [0.2, 0.25) is 21.8 Å². The molecule has 0 aliphatic carbocycles. The molecule has 2 rings (SSSR count). The van der Waals surface area contributed by atoms with Crippen LogP contribution in [0.5, 0.6) is 0 Å². The van der Waals surface area contributed by atoms with Crippen molar-refractivity contribution in [2.75, 3.05) is 17.1 Å². The summed E-state index contributed by atoms with van der Waals surface area (Å²) < 4.78 is 26.3. The van der Waals surface area contributed by atoms with Crippen LogP contribution in [-0.2, 0) is 26.2 Å². The Kier molecular flexibility index (Phi) is 10.3. The lowest BCUT2D eigenvalue weighted by Gasteiger charge is -2.31. The van der Waals surface area contributed by atoms with Crippen LogP contribution in [0, 0.1) is 13.8 Å². The van der Waals surface area contributed by atoms with E-state index in [4.69, 9.17) is 0 Å². The summed E-state index contributed by atoms with van der Waals surface area (Å²) >= 11 is 0. The third-order valence-corrected chi connectivity index (χ3v) is 7.01. The lowest BCUT2D eigenvalue weighted by Crippen LogP contribution is -2.50. The van der Waals surface area contributed by atoms with E-state index >= 15 is 0 Å². The maximum absolute atomic E-state index is 13.4. The molecule has 0 aromatic heterocycles. The molecule has 192 valence electrons. The van der Waals surface area contributed by atoms with Crippen molar-refractivity contribution in [3.63, 3.8) is 0 Å². The van der Waals surface area contributed by atoms with Crippen LogP contribution in [0.3, 0.4) is 0 Å². The van der Waals surface area contributed by atoms with E-state index in [0.29, 0.717) is 25.1 Å². The first kappa shape index (κ1) is 28.4. The molecule has 0 saturated heterocycles.